The molecule has 2 aliphatic rings. The minimum atomic E-state index is -0.132. The molecule has 15 heavy (non-hydrogen) atoms. The van der Waals surface area contributed by atoms with E-state index in [0.29, 0.717) is 0 Å². The third-order valence-electron chi connectivity index (χ3n) is 3.57. The molecule has 1 aliphatic heterocycles. The van der Waals surface area contributed by atoms with Gasteiger partial charge in [0, 0.05) is 0 Å². The second kappa shape index (κ2) is 3.17. The van der Waals surface area contributed by atoms with Crippen molar-refractivity contribution in [2.24, 2.45) is 0 Å². The zero-order valence-electron chi connectivity index (χ0n) is 8.66. The number of ether oxygens (including phenoxy) is 1. The molecule has 0 N–H and O–H groups in total. The SMILES string of the molecule is O=CC1(c2ccc3c(c2)CCOC3)CC1. The van der Waals surface area contributed by atoms with Crippen LogP contribution in [0.5, 0.6) is 0 Å². The first-order valence-electron chi connectivity index (χ1n) is 5.50. The van der Waals surface area contributed by atoms with Crippen LogP contribution in [0.25, 0.3) is 0 Å². The van der Waals surface area contributed by atoms with E-state index in [4.69, 9.17) is 4.74 Å². The molecule has 2 heteroatoms. The van der Waals surface area contributed by atoms with Crippen LogP contribution in [0.15, 0.2) is 18.2 Å². The molecule has 1 aromatic rings. The number of hydrogen-bond acceptors (Lipinski definition) is 2. The Hall–Kier alpha value is -1.15. The minimum Gasteiger partial charge on any atom is -0.376 e. The number of fused-ring (bicyclic) bond motifs is 1. The predicted octanol–water partition coefficient (Wildman–Crippen LogP) is 1.99. The van der Waals surface area contributed by atoms with Crippen LogP contribution in [0, 0.1) is 0 Å². The van der Waals surface area contributed by atoms with Gasteiger partial charge in [0.15, 0.2) is 0 Å². The second-order valence-corrected chi connectivity index (χ2v) is 4.56. The summed E-state index contributed by atoms with van der Waals surface area (Å²) in [5.74, 6) is 0. The van der Waals surface area contributed by atoms with Gasteiger partial charge < -0.3 is 9.53 Å². The Kier molecular flexibility index (Phi) is 1.93. The highest BCUT2D eigenvalue weighted by atomic mass is 16.5. The zero-order valence-corrected chi connectivity index (χ0v) is 8.66. The molecular weight excluding hydrogens is 188 g/mol. The third kappa shape index (κ3) is 1.40. The van der Waals surface area contributed by atoms with E-state index in [9.17, 15) is 4.79 Å². The lowest BCUT2D eigenvalue weighted by Gasteiger charge is -2.18. The van der Waals surface area contributed by atoms with Gasteiger partial charge in [0.25, 0.3) is 0 Å². The molecule has 0 spiro atoms. The first-order valence-corrected chi connectivity index (χ1v) is 5.50. The minimum absolute atomic E-state index is 0.132. The summed E-state index contributed by atoms with van der Waals surface area (Å²) in [7, 11) is 0. The normalized spacial score (nSPS) is 21.9. The van der Waals surface area contributed by atoms with Gasteiger partial charge in [0.2, 0.25) is 0 Å². The number of rotatable bonds is 2. The topological polar surface area (TPSA) is 26.3 Å². The van der Waals surface area contributed by atoms with Crippen LogP contribution in [-0.4, -0.2) is 12.9 Å². The van der Waals surface area contributed by atoms with Crippen LogP contribution in [0.4, 0.5) is 0 Å². The Morgan fingerprint density at radius 3 is 2.87 bits per heavy atom. The molecule has 78 valence electrons. The number of carbonyl (C=O) groups is 1. The Bertz CT molecular complexity index is 405. The first kappa shape index (κ1) is 9.10. The fourth-order valence-corrected chi connectivity index (χ4v) is 2.28. The Morgan fingerprint density at radius 1 is 1.27 bits per heavy atom. The van der Waals surface area contributed by atoms with Crippen molar-refractivity contribution in [3.8, 4) is 0 Å². The smallest absolute Gasteiger partial charge is 0.130 e. The van der Waals surface area contributed by atoms with Gasteiger partial charge >= 0.3 is 0 Å². The van der Waals surface area contributed by atoms with Gasteiger partial charge in [-0.2, -0.15) is 0 Å². The molecule has 0 radical (unpaired) electrons. The maximum absolute atomic E-state index is 11.0. The molecule has 0 saturated heterocycles. The summed E-state index contributed by atoms with van der Waals surface area (Å²) in [6.45, 7) is 1.54. The first-order chi connectivity index (χ1) is 7.34. The fourth-order valence-electron chi connectivity index (χ4n) is 2.28. The molecule has 1 aliphatic carbocycles. The maximum Gasteiger partial charge on any atom is 0.130 e. The molecule has 1 fully saturated rings. The number of aldehydes is 1. The zero-order chi connectivity index (χ0) is 10.3. The highest BCUT2D eigenvalue weighted by Crippen LogP contribution is 2.46. The molecular formula is C13H14O2. The highest BCUT2D eigenvalue weighted by Gasteiger charge is 2.44. The standard InChI is InChI=1S/C13H14O2/c14-9-13(4-5-13)12-2-1-11-8-15-6-3-10(11)7-12/h1-2,7,9H,3-6,8H2. The van der Waals surface area contributed by atoms with Crippen molar-refractivity contribution in [2.75, 3.05) is 6.61 Å². The van der Waals surface area contributed by atoms with Gasteiger partial charge in [-0.05, 0) is 36.0 Å². The molecule has 0 unspecified atom stereocenters. The van der Waals surface area contributed by atoms with E-state index >= 15 is 0 Å². The molecule has 1 saturated carbocycles. The molecule has 2 nitrogen and oxygen atoms in total. The summed E-state index contributed by atoms with van der Waals surface area (Å²) in [5, 5.41) is 0. The summed E-state index contributed by atoms with van der Waals surface area (Å²) < 4.78 is 5.39. The summed E-state index contributed by atoms with van der Waals surface area (Å²) in [5.41, 5.74) is 3.73. The third-order valence-corrected chi connectivity index (χ3v) is 3.57. The van der Waals surface area contributed by atoms with Crippen LogP contribution in [0.3, 0.4) is 0 Å². The van der Waals surface area contributed by atoms with Gasteiger partial charge in [-0.3, -0.25) is 0 Å². The molecule has 1 heterocycles. The van der Waals surface area contributed by atoms with Crippen molar-refractivity contribution >= 4 is 6.29 Å². The van der Waals surface area contributed by atoms with Gasteiger partial charge in [-0.25, -0.2) is 0 Å². The highest BCUT2D eigenvalue weighted by molar-refractivity contribution is 5.73. The van der Waals surface area contributed by atoms with Crippen molar-refractivity contribution in [1.82, 2.24) is 0 Å². The van der Waals surface area contributed by atoms with Crippen molar-refractivity contribution in [3.63, 3.8) is 0 Å². The van der Waals surface area contributed by atoms with Crippen molar-refractivity contribution in [1.29, 1.82) is 0 Å². The van der Waals surface area contributed by atoms with Gasteiger partial charge in [0.05, 0.1) is 18.6 Å². The van der Waals surface area contributed by atoms with E-state index in [1.165, 1.54) is 16.7 Å². The van der Waals surface area contributed by atoms with Crippen LogP contribution < -0.4 is 0 Å². The average molecular weight is 202 g/mol. The Balaban J connectivity index is 2.01. The Morgan fingerprint density at radius 2 is 2.13 bits per heavy atom. The molecule has 0 amide bonds. The van der Waals surface area contributed by atoms with E-state index in [1.54, 1.807) is 0 Å². The van der Waals surface area contributed by atoms with E-state index in [2.05, 4.69) is 18.2 Å². The lowest BCUT2D eigenvalue weighted by molar-refractivity contribution is -0.109. The molecule has 0 atom stereocenters. The lowest BCUT2D eigenvalue weighted by atomic mass is 9.92. The van der Waals surface area contributed by atoms with E-state index in [-0.39, 0.29) is 5.41 Å². The van der Waals surface area contributed by atoms with Crippen molar-refractivity contribution in [2.45, 2.75) is 31.3 Å². The molecule has 1 aromatic carbocycles. The van der Waals surface area contributed by atoms with Crippen LogP contribution in [0.1, 0.15) is 29.5 Å². The van der Waals surface area contributed by atoms with Crippen molar-refractivity contribution < 1.29 is 9.53 Å². The number of carbonyl (C=O) groups excluding carboxylic acids is 1. The summed E-state index contributed by atoms with van der Waals surface area (Å²) in [6, 6.07) is 6.42. The predicted molar refractivity (Wildman–Crippen MR) is 56.8 cm³/mol. The average Bonchev–Trinajstić information content (AvgIpc) is 3.09. The van der Waals surface area contributed by atoms with E-state index in [1.807, 2.05) is 0 Å². The molecule has 0 aromatic heterocycles. The maximum atomic E-state index is 11.0. The van der Waals surface area contributed by atoms with Gasteiger partial charge in [-0.1, -0.05) is 18.2 Å². The van der Waals surface area contributed by atoms with E-state index < -0.39 is 0 Å². The van der Waals surface area contributed by atoms with Crippen molar-refractivity contribution in [3.05, 3.63) is 34.9 Å². The summed E-state index contributed by atoms with van der Waals surface area (Å²) in [6.07, 6.45) is 4.14. The molecule has 0 bridgehead atoms. The van der Waals surface area contributed by atoms with Gasteiger partial charge in [0.1, 0.15) is 6.29 Å². The fraction of sp³-hybridized carbons (Fsp3) is 0.462. The number of hydrogen-bond donors (Lipinski definition) is 0. The van der Waals surface area contributed by atoms with E-state index in [0.717, 1.165) is 38.8 Å². The van der Waals surface area contributed by atoms with Crippen LogP contribution >= 0.6 is 0 Å². The quantitative estimate of drug-likeness (QED) is 0.685. The molecule has 3 rings (SSSR count). The summed E-state index contributed by atoms with van der Waals surface area (Å²) in [4.78, 5) is 11.0. The van der Waals surface area contributed by atoms with Gasteiger partial charge in [-0.15, -0.1) is 0 Å². The second-order valence-electron chi connectivity index (χ2n) is 4.56. The largest absolute Gasteiger partial charge is 0.376 e. The van der Waals surface area contributed by atoms with Crippen LogP contribution in [0.2, 0.25) is 0 Å². The summed E-state index contributed by atoms with van der Waals surface area (Å²) >= 11 is 0. The monoisotopic (exact) mass is 202 g/mol. The number of benzene rings is 1. The Labute approximate surface area is 89.2 Å². The lowest BCUT2D eigenvalue weighted by Crippen LogP contribution is -2.13. The van der Waals surface area contributed by atoms with Crippen LogP contribution in [-0.2, 0) is 28.0 Å².